The zero-order chi connectivity index (χ0) is 20.4. The zero-order valence-electron chi connectivity index (χ0n) is 16.5. The number of aryl methyl sites for hydroxylation is 1. The molecule has 0 aromatic carbocycles. The minimum absolute atomic E-state index is 0.0415. The summed E-state index contributed by atoms with van der Waals surface area (Å²) in [6.45, 7) is 2.52. The van der Waals surface area contributed by atoms with Crippen LogP contribution < -0.4 is 16.1 Å². The van der Waals surface area contributed by atoms with E-state index in [1.165, 1.54) is 4.88 Å². The number of aliphatic hydroxyl groups excluding tert-OH is 2. The molecule has 3 atom stereocenters. The summed E-state index contributed by atoms with van der Waals surface area (Å²) in [4.78, 5) is 18.9. The van der Waals surface area contributed by atoms with Crippen LogP contribution in [0.4, 0.5) is 0 Å². The van der Waals surface area contributed by atoms with Crippen LogP contribution in [0.1, 0.15) is 42.9 Å². The third-order valence-electron chi connectivity index (χ3n) is 5.59. The molecule has 2 aliphatic carbocycles. The second kappa shape index (κ2) is 8.61. The minimum atomic E-state index is -1.21. The summed E-state index contributed by atoms with van der Waals surface area (Å²) >= 11 is 1.69. The molecule has 29 heavy (non-hydrogen) atoms. The number of nitrogens with zero attached hydrogens (tertiary/aromatic N) is 2. The molecule has 0 amide bonds. The quantitative estimate of drug-likeness (QED) is 0.791. The molecule has 0 aliphatic heterocycles. The summed E-state index contributed by atoms with van der Waals surface area (Å²) in [5.74, 6) is 0.0415. The van der Waals surface area contributed by atoms with E-state index in [1.807, 2.05) is 18.4 Å². The van der Waals surface area contributed by atoms with Gasteiger partial charge in [-0.2, -0.15) is 0 Å². The number of aliphatic imine (C=N–C) groups is 1. The molecule has 4 rings (SSSR count). The van der Waals surface area contributed by atoms with Crippen LogP contribution in [0.15, 0.2) is 45.5 Å². The number of pyridine rings is 1. The molecule has 0 fully saturated rings. The molecule has 0 saturated heterocycles. The minimum Gasteiger partial charge on any atom is -0.389 e. The Bertz CT molecular complexity index is 1110. The van der Waals surface area contributed by atoms with Crippen molar-refractivity contribution in [3.63, 3.8) is 0 Å². The maximum atomic E-state index is 13.2. The smallest absolute Gasteiger partial charge is 0.258 e. The second-order valence-corrected chi connectivity index (χ2v) is 8.77. The van der Waals surface area contributed by atoms with Crippen LogP contribution in [-0.4, -0.2) is 26.6 Å². The van der Waals surface area contributed by atoms with E-state index in [0.717, 1.165) is 29.8 Å². The molecule has 2 aromatic rings. The van der Waals surface area contributed by atoms with Gasteiger partial charge in [-0.25, -0.2) is 0 Å². The van der Waals surface area contributed by atoms with Crippen molar-refractivity contribution in [3.8, 4) is 0 Å². The molecule has 2 heterocycles. The summed E-state index contributed by atoms with van der Waals surface area (Å²) in [6.07, 6.45) is 9.16. The Morgan fingerprint density at radius 3 is 2.93 bits per heavy atom. The number of rotatable bonds is 5. The fraction of sp³-hybridized carbons (Fsp3) is 0.391. The Morgan fingerprint density at radius 2 is 2.17 bits per heavy atom. The summed E-state index contributed by atoms with van der Waals surface area (Å²) in [5.41, 5.74) is 0.825. The van der Waals surface area contributed by atoms with Gasteiger partial charge < -0.3 is 14.8 Å². The van der Waals surface area contributed by atoms with E-state index in [1.54, 1.807) is 34.1 Å². The number of aromatic nitrogens is 1. The van der Waals surface area contributed by atoms with Gasteiger partial charge in [-0.1, -0.05) is 31.2 Å². The first-order valence-corrected chi connectivity index (χ1v) is 11.0. The van der Waals surface area contributed by atoms with Crippen molar-refractivity contribution in [1.29, 1.82) is 0 Å². The zero-order valence-corrected chi connectivity index (χ0v) is 17.3. The molecule has 2 aromatic heterocycles. The maximum absolute atomic E-state index is 13.2. The van der Waals surface area contributed by atoms with Crippen molar-refractivity contribution in [2.45, 2.75) is 51.5 Å². The fourth-order valence-corrected chi connectivity index (χ4v) is 4.60. The van der Waals surface area contributed by atoms with Crippen molar-refractivity contribution in [2.24, 2.45) is 10.9 Å². The summed E-state index contributed by atoms with van der Waals surface area (Å²) in [7, 11) is 0. The molecule has 6 heteroatoms. The molecule has 0 radical (unpaired) electrons. The number of aliphatic hydroxyl groups is 2. The molecule has 0 bridgehead atoms. The lowest BCUT2D eigenvalue weighted by molar-refractivity contribution is 0.161. The van der Waals surface area contributed by atoms with Crippen molar-refractivity contribution < 1.29 is 10.2 Å². The van der Waals surface area contributed by atoms with Gasteiger partial charge in [-0.05, 0) is 60.4 Å². The van der Waals surface area contributed by atoms with E-state index in [4.69, 9.17) is 0 Å². The lowest BCUT2D eigenvalue weighted by atomic mass is 9.92. The van der Waals surface area contributed by atoms with E-state index < -0.39 is 12.3 Å². The van der Waals surface area contributed by atoms with Crippen molar-refractivity contribution in [2.75, 3.05) is 0 Å². The molecule has 152 valence electrons. The predicted octanol–water partition coefficient (Wildman–Crippen LogP) is 1.90. The van der Waals surface area contributed by atoms with Crippen LogP contribution in [0.25, 0.3) is 12.2 Å². The second-order valence-electron chi connectivity index (χ2n) is 7.74. The Hall–Kier alpha value is -2.28. The van der Waals surface area contributed by atoms with Gasteiger partial charge in [0.1, 0.15) is 0 Å². The number of hydrogen-bond acceptors (Lipinski definition) is 5. The van der Waals surface area contributed by atoms with Crippen LogP contribution in [0.2, 0.25) is 0 Å². The highest BCUT2D eigenvalue weighted by Gasteiger charge is 2.20. The molecule has 2 aliphatic rings. The highest BCUT2D eigenvalue weighted by atomic mass is 32.1. The first-order valence-electron chi connectivity index (χ1n) is 10.1. The Balaban J connectivity index is 1.71. The standard InChI is InChI=1S/C23H26N2O3S/c1-15-13-17(8-9-21(15)26)24-22(27)19-14-16-5-2-3-7-20(16)25(23(19)28)11-10-18-6-4-12-29-18/h4-9,12,14-15,21-22,26-27H,2-3,10-11,13H2,1H3. The van der Waals surface area contributed by atoms with Gasteiger partial charge in [0.2, 0.25) is 0 Å². The van der Waals surface area contributed by atoms with Crippen LogP contribution in [0.5, 0.6) is 0 Å². The van der Waals surface area contributed by atoms with E-state index in [9.17, 15) is 15.0 Å². The highest BCUT2D eigenvalue weighted by Crippen LogP contribution is 2.19. The van der Waals surface area contributed by atoms with Gasteiger partial charge in [0.05, 0.1) is 11.7 Å². The highest BCUT2D eigenvalue weighted by molar-refractivity contribution is 7.09. The largest absolute Gasteiger partial charge is 0.389 e. The first kappa shape index (κ1) is 20.0. The number of allylic oxidation sites excluding steroid dienone is 1. The normalized spacial score (nSPS) is 23.3. The van der Waals surface area contributed by atoms with Gasteiger partial charge in [0, 0.05) is 22.5 Å². The average Bonchev–Trinajstić information content (AvgIpc) is 3.23. The van der Waals surface area contributed by atoms with E-state index >= 15 is 0 Å². The number of fused-ring (bicyclic) bond motifs is 1. The molecule has 5 nitrogen and oxygen atoms in total. The van der Waals surface area contributed by atoms with Crippen molar-refractivity contribution in [3.05, 3.63) is 67.1 Å². The molecule has 2 N–H and O–H groups in total. The van der Waals surface area contributed by atoms with Crippen molar-refractivity contribution >= 4 is 29.2 Å². The Kier molecular flexibility index (Phi) is 5.94. The molecule has 0 spiro atoms. The molecule has 3 unspecified atom stereocenters. The summed E-state index contributed by atoms with van der Waals surface area (Å²) < 4.78 is 1.78. The van der Waals surface area contributed by atoms with Crippen LogP contribution >= 0.6 is 11.3 Å². The van der Waals surface area contributed by atoms with E-state index in [-0.39, 0.29) is 11.5 Å². The van der Waals surface area contributed by atoms with E-state index in [0.29, 0.717) is 24.2 Å². The van der Waals surface area contributed by atoms with Crippen LogP contribution in [0, 0.1) is 5.92 Å². The lowest BCUT2D eigenvalue weighted by Crippen LogP contribution is -2.46. The summed E-state index contributed by atoms with van der Waals surface area (Å²) in [6, 6.07) is 5.88. The average molecular weight is 411 g/mol. The number of thiophene rings is 1. The predicted molar refractivity (Wildman–Crippen MR) is 117 cm³/mol. The van der Waals surface area contributed by atoms with Crippen LogP contribution in [0.3, 0.4) is 0 Å². The van der Waals surface area contributed by atoms with Crippen molar-refractivity contribution in [1.82, 2.24) is 4.57 Å². The van der Waals surface area contributed by atoms with Gasteiger partial charge in [-0.15, -0.1) is 11.3 Å². The molecule has 0 saturated carbocycles. The van der Waals surface area contributed by atoms with Gasteiger partial charge in [0.15, 0.2) is 6.23 Å². The topological polar surface area (TPSA) is 74.8 Å². The first-order chi connectivity index (χ1) is 14.0. The fourth-order valence-electron chi connectivity index (χ4n) is 3.90. The van der Waals surface area contributed by atoms with E-state index in [2.05, 4.69) is 23.2 Å². The van der Waals surface area contributed by atoms with Gasteiger partial charge in [0.25, 0.3) is 5.56 Å². The van der Waals surface area contributed by atoms with Gasteiger partial charge >= 0.3 is 0 Å². The Morgan fingerprint density at radius 1 is 1.34 bits per heavy atom. The maximum Gasteiger partial charge on any atom is 0.258 e. The lowest BCUT2D eigenvalue weighted by Gasteiger charge is -2.21. The third kappa shape index (κ3) is 4.34. The Labute approximate surface area is 173 Å². The number of hydrogen-bond donors (Lipinski definition) is 2. The SMILES string of the molecule is CC1CC(=NC(O)c2cc3c(n(CCc4cccs4)c2=O)=CCCC=3)C=CC1O. The van der Waals surface area contributed by atoms with Crippen LogP contribution in [-0.2, 0) is 13.0 Å². The third-order valence-corrected chi connectivity index (χ3v) is 6.52. The monoisotopic (exact) mass is 410 g/mol. The van der Waals surface area contributed by atoms with Gasteiger partial charge in [-0.3, -0.25) is 9.79 Å². The molecular formula is C23H26N2O3S. The summed E-state index contributed by atoms with van der Waals surface area (Å²) in [5, 5.41) is 24.6. The molecular weight excluding hydrogens is 384 g/mol.